The summed E-state index contributed by atoms with van der Waals surface area (Å²) in [4.78, 5) is 19.4. The van der Waals surface area contributed by atoms with E-state index in [-0.39, 0.29) is 17.5 Å². The number of hydrogen-bond donors (Lipinski definition) is 1. The number of nitrogens with one attached hydrogen (secondary N) is 1. The normalized spacial score (nSPS) is 17.8. The van der Waals surface area contributed by atoms with Gasteiger partial charge in [0, 0.05) is 25.7 Å². The highest BCUT2D eigenvalue weighted by molar-refractivity contribution is 5.92. The average Bonchev–Trinajstić information content (AvgIpc) is 3.09. The van der Waals surface area contributed by atoms with Gasteiger partial charge in [0.25, 0.3) is 5.91 Å². The van der Waals surface area contributed by atoms with Crippen molar-refractivity contribution in [1.29, 1.82) is 0 Å². The molecule has 2 aromatic rings. The van der Waals surface area contributed by atoms with Crippen LogP contribution in [-0.2, 0) is 19.1 Å². The molecule has 0 fully saturated rings. The van der Waals surface area contributed by atoms with Gasteiger partial charge in [-0.1, -0.05) is 0 Å². The number of imidazole rings is 1. The predicted octanol–water partition coefficient (Wildman–Crippen LogP) is 2.19. The monoisotopic (exact) mass is 328 g/mol. The fourth-order valence-electron chi connectivity index (χ4n) is 2.66. The molecule has 0 saturated carbocycles. The van der Waals surface area contributed by atoms with Crippen molar-refractivity contribution in [2.45, 2.75) is 32.5 Å². The Morgan fingerprint density at radius 3 is 2.96 bits per heavy atom. The van der Waals surface area contributed by atoms with Gasteiger partial charge in [-0.05, 0) is 19.3 Å². The van der Waals surface area contributed by atoms with Crippen molar-refractivity contribution >= 4 is 5.91 Å². The molecule has 2 aromatic heterocycles. The number of oxazole rings is 1. The van der Waals surface area contributed by atoms with E-state index in [1.807, 2.05) is 0 Å². The first kappa shape index (κ1) is 15.6. The van der Waals surface area contributed by atoms with Gasteiger partial charge in [-0.3, -0.25) is 4.79 Å². The second kappa shape index (κ2) is 5.71. The number of carbonyl (C=O) groups excluding carboxylic acids is 1. The number of nitrogens with zero attached hydrogens (tertiary/aromatic N) is 3. The van der Waals surface area contributed by atoms with Crippen molar-refractivity contribution in [3.8, 4) is 0 Å². The third-order valence-electron chi connectivity index (χ3n) is 3.89. The summed E-state index contributed by atoms with van der Waals surface area (Å²) < 4.78 is 44.5. The molecule has 0 bridgehead atoms. The van der Waals surface area contributed by atoms with Crippen LogP contribution in [0.4, 0.5) is 13.2 Å². The van der Waals surface area contributed by atoms with Gasteiger partial charge < -0.3 is 14.3 Å². The molecule has 0 radical (unpaired) electrons. The summed E-state index contributed by atoms with van der Waals surface area (Å²) in [5.74, 6) is 0.572. The Kier molecular flexibility index (Phi) is 3.87. The van der Waals surface area contributed by atoms with Crippen LogP contribution in [0.15, 0.2) is 17.0 Å². The Labute approximate surface area is 129 Å². The van der Waals surface area contributed by atoms with Crippen molar-refractivity contribution in [1.82, 2.24) is 19.9 Å². The van der Waals surface area contributed by atoms with E-state index in [4.69, 9.17) is 4.42 Å². The summed E-state index contributed by atoms with van der Waals surface area (Å²) in [6.45, 7) is 2.40. The molecule has 0 aliphatic carbocycles. The van der Waals surface area contributed by atoms with Gasteiger partial charge in [0.1, 0.15) is 11.6 Å². The summed E-state index contributed by atoms with van der Waals surface area (Å²) in [7, 11) is 0. The lowest BCUT2D eigenvalue weighted by molar-refractivity contribution is -0.141. The summed E-state index contributed by atoms with van der Waals surface area (Å²) in [5, 5.41) is 2.75. The van der Waals surface area contributed by atoms with E-state index in [0.29, 0.717) is 37.5 Å². The molecule has 3 rings (SSSR count). The summed E-state index contributed by atoms with van der Waals surface area (Å²) in [6.07, 6.45) is -1.07. The Morgan fingerprint density at radius 2 is 2.30 bits per heavy atom. The number of carbonyl (C=O) groups is 1. The lowest BCUT2D eigenvalue weighted by Crippen LogP contribution is -2.34. The zero-order valence-electron chi connectivity index (χ0n) is 12.4. The van der Waals surface area contributed by atoms with Gasteiger partial charge in [0.05, 0.1) is 0 Å². The third-order valence-corrected chi connectivity index (χ3v) is 3.89. The van der Waals surface area contributed by atoms with Gasteiger partial charge in [0.2, 0.25) is 0 Å². The zero-order valence-corrected chi connectivity index (χ0v) is 12.4. The molecule has 0 saturated heterocycles. The van der Waals surface area contributed by atoms with Crippen LogP contribution in [-0.4, -0.2) is 27.0 Å². The van der Waals surface area contributed by atoms with Gasteiger partial charge in [-0.15, -0.1) is 0 Å². The smallest absolute Gasteiger partial charge is 0.434 e. The van der Waals surface area contributed by atoms with Crippen molar-refractivity contribution < 1.29 is 22.4 Å². The highest BCUT2D eigenvalue weighted by atomic mass is 19.4. The van der Waals surface area contributed by atoms with E-state index in [0.717, 1.165) is 6.20 Å². The molecule has 1 atom stereocenters. The molecule has 1 amide bonds. The van der Waals surface area contributed by atoms with Crippen molar-refractivity contribution in [2.75, 3.05) is 6.54 Å². The van der Waals surface area contributed by atoms with Crippen LogP contribution in [0.2, 0.25) is 0 Å². The van der Waals surface area contributed by atoms with E-state index in [1.165, 1.54) is 11.0 Å². The molecule has 1 aliphatic rings. The minimum atomic E-state index is -4.43. The van der Waals surface area contributed by atoms with Crippen LogP contribution in [0.25, 0.3) is 0 Å². The molecular formula is C14H15F3N4O2. The van der Waals surface area contributed by atoms with E-state index in [2.05, 4.69) is 15.3 Å². The molecule has 3 heterocycles. The van der Waals surface area contributed by atoms with Crippen molar-refractivity contribution in [3.05, 3.63) is 35.6 Å². The van der Waals surface area contributed by atoms with Crippen LogP contribution >= 0.6 is 0 Å². The zero-order chi connectivity index (χ0) is 16.6. The summed E-state index contributed by atoms with van der Waals surface area (Å²) in [6, 6.07) is 0. The average molecular weight is 328 g/mol. The van der Waals surface area contributed by atoms with Gasteiger partial charge in [0.15, 0.2) is 17.8 Å². The quantitative estimate of drug-likeness (QED) is 0.937. The fraction of sp³-hybridized carbons (Fsp3) is 0.500. The first-order valence-electron chi connectivity index (χ1n) is 7.16. The molecule has 6 nitrogen and oxygen atoms in total. The number of halogens is 3. The van der Waals surface area contributed by atoms with E-state index < -0.39 is 11.9 Å². The number of alkyl halides is 3. The summed E-state index contributed by atoms with van der Waals surface area (Å²) >= 11 is 0. The summed E-state index contributed by atoms with van der Waals surface area (Å²) in [5.41, 5.74) is -0.640. The number of aromatic nitrogens is 3. The Bertz CT molecular complexity index is 720. The Balaban J connectivity index is 1.61. The number of amides is 1. The maximum Gasteiger partial charge on any atom is 0.434 e. The fourth-order valence-corrected chi connectivity index (χ4v) is 2.66. The van der Waals surface area contributed by atoms with Crippen LogP contribution in [0.5, 0.6) is 0 Å². The van der Waals surface area contributed by atoms with Gasteiger partial charge in [-0.25, -0.2) is 9.97 Å². The maximum absolute atomic E-state index is 12.7. The molecule has 0 spiro atoms. The number of fused-ring (bicyclic) bond motifs is 1. The minimum Gasteiger partial charge on any atom is -0.448 e. The third kappa shape index (κ3) is 3.22. The topological polar surface area (TPSA) is 73.0 Å². The highest BCUT2D eigenvalue weighted by Gasteiger charge is 2.35. The number of aryl methyl sites for hydroxylation is 2. The lowest BCUT2D eigenvalue weighted by atomic mass is 9.99. The first-order valence-corrected chi connectivity index (χ1v) is 7.16. The lowest BCUT2D eigenvalue weighted by Gasteiger charge is -2.23. The molecular weight excluding hydrogens is 313 g/mol. The molecule has 1 N–H and O–H groups in total. The highest BCUT2D eigenvalue weighted by Crippen LogP contribution is 2.30. The minimum absolute atomic E-state index is 0.0499. The molecule has 1 aliphatic heterocycles. The van der Waals surface area contributed by atoms with E-state index in [1.54, 1.807) is 6.92 Å². The largest absolute Gasteiger partial charge is 0.448 e. The molecule has 1 unspecified atom stereocenters. The first-order chi connectivity index (χ1) is 10.8. The number of hydrogen-bond acceptors (Lipinski definition) is 4. The molecule has 124 valence electrons. The SMILES string of the molecule is Cc1ocnc1C(=O)NCC1CCc2nc(C(F)(F)F)cn2C1. The van der Waals surface area contributed by atoms with Gasteiger partial charge >= 0.3 is 6.18 Å². The molecule has 9 heteroatoms. The maximum atomic E-state index is 12.7. The molecule has 0 aromatic carbocycles. The second-order valence-corrected chi connectivity index (χ2v) is 5.56. The van der Waals surface area contributed by atoms with E-state index in [9.17, 15) is 18.0 Å². The van der Waals surface area contributed by atoms with Crippen LogP contribution in [0, 0.1) is 12.8 Å². The van der Waals surface area contributed by atoms with Crippen molar-refractivity contribution in [2.24, 2.45) is 5.92 Å². The van der Waals surface area contributed by atoms with Crippen molar-refractivity contribution in [3.63, 3.8) is 0 Å². The van der Waals surface area contributed by atoms with Crippen LogP contribution < -0.4 is 5.32 Å². The van der Waals surface area contributed by atoms with Gasteiger partial charge in [-0.2, -0.15) is 13.2 Å². The second-order valence-electron chi connectivity index (χ2n) is 5.56. The van der Waals surface area contributed by atoms with Crippen LogP contribution in [0.1, 0.15) is 34.2 Å². The van der Waals surface area contributed by atoms with Crippen LogP contribution in [0.3, 0.4) is 0 Å². The standard InChI is InChI=1S/C14H15F3N4O2/c1-8-12(19-7-23-8)13(22)18-4-9-2-3-11-20-10(14(15,16)17)6-21(11)5-9/h6-7,9H,2-5H2,1H3,(H,18,22). The number of rotatable bonds is 3. The Morgan fingerprint density at radius 1 is 1.52 bits per heavy atom. The molecule has 23 heavy (non-hydrogen) atoms. The Hall–Kier alpha value is -2.32. The predicted molar refractivity (Wildman–Crippen MR) is 72.6 cm³/mol. The van der Waals surface area contributed by atoms with E-state index >= 15 is 0 Å².